The summed E-state index contributed by atoms with van der Waals surface area (Å²) in [5.41, 5.74) is 0. The maximum atomic E-state index is 12.6. The Morgan fingerprint density at radius 1 is 1.27 bits per heavy atom. The summed E-state index contributed by atoms with van der Waals surface area (Å²) < 4.78 is 42.6. The fraction of sp³-hybridized carbons (Fsp3) is 0.750. The molecule has 22 heavy (non-hydrogen) atoms. The van der Waals surface area contributed by atoms with Crippen molar-refractivity contribution >= 4 is 22.4 Å². The topological polar surface area (TPSA) is 58.6 Å². The van der Waals surface area contributed by atoms with E-state index in [1.807, 2.05) is 4.90 Å². The Balaban J connectivity index is 1.93. The van der Waals surface area contributed by atoms with Gasteiger partial charge in [-0.25, -0.2) is 0 Å². The predicted molar refractivity (Wildman–Crippen MR) is 74.8 cm³/mol. The first-order valence-electron chi connectivity index (χ1n) is 6.93. The Bertz CT molecular complexity index is 509. The number of alkyl halides is 3. The average Bonchev–Trinajstić information content (AvgIpc) is 2.82. The van der Waals surface area contributed by atoms with Crippen LogP contribution in [0.4, 0.5) is 18.3 Å². The van der Waals surface area contributed by atoms with Gasteiger partial charge in [-0.1, -0.05) is 11.3 Å². The predicted octanol–water partition coefficient (Wildman–Crippen LogP) is 1.63. The third-order valence-electron chi connectivity index (χ3n) is 3.17. The van der Waals surface area contributed by atoms with Gasteiger partial charge in [0.25, 0.3) is 0 Å². The SMILES string of the molecule is CCOC(=O)CN1CCCN(c2nnc(C(F)(F)F)s2)CC1. The Kier molecular flexibility index (Phi) is 5.57. The van der Waals surface area contributed by atoms with Crippen molar-refractivity contribution in [3.63, 3.8) is 0 Å². The van der Waals surface area contributed by atoms with Crippen molar-refractivity contribution in [2.45, 2.75) is 19.5 Å². The lowest BCUT2D eigenvalue weighted by atomic mass is 10.4. The molecule has 0 N–H and O–H groups in total. The van der Waals surface area contributed by atoms with Gasteiger partial charge in [0.1, 0.15) is 0 Å². The van der Waals surface area contributed by atoms with Gasteiger partial charge in [-0.2, -0.15) is 13.2 Å². The van der Waals surface area contributed by atoms with Gasteiger partial charge in [-0.3, -0.25) is 9.69 Å². The zero-order valence-electron chi connectivity index (χ0n) is 12.1. The van der Waals surface area contributed by atoms with E-state index in [2.05, 4.69) is 10.2 Å². The highest BCUT2D eigenvalue weighted by Crippen LogP contribution is 2.34. The second kappa shape index (κ2) is 7.23. The van der Waals surface area contributed by atoms with E-state index in [-0.39, 0.29) is 17.6 Å². The van der Waals surface area contributed by atoms with E-state index in [4.69, 9.17) is 4.74 Å². The van der Waals surface area contributed by atoms with Crippen LogP contribution >= 0.6 is 11.3 Å². The number of carbonyl (C=O) groups excluding carboxylic acids is 1. The molecular formula is C12H17F3N4O2S. The quantitative estimate of drug-likeness (QED) is 0.778. The molecule has 1 aromatic rings. The van der Waals surface area contributed by atoms with Gasteiger partial charge >= 0.3 is 12.1 Å². The average molecular weight is 338 g/mol. The molecule has 0 spiro atoms. The number of anilines is 1. The van der Waals surface area contributed by atoms with Crippen molar-refractivity contribution < 1.29 is 22.7 Å². The third kappa shape index (κ3) is 4.54. The molecule has 0 atom stereocenters. The van der Waals surface area contributed by atoms with Gasteiger partial charge in [0, 0.05) is 26.2 Å². The molecule has 1 saturated heterocycles. The number of ether oxygens (including phenoxy) is 1. The molecule has 1 aliphatic heterocycles. The molecule has 6 nitrogen and oxygen atoms in total. The first kappa shape index (κ1) is 16.9. The van der Waals surface area contributed by atoms with Gasteiger partial charge in [-0.05, 0) is 13.3 Å². The van der Waals surface area contributed by atoms with Crippen molar-refractivity contribution in [2.75, 3.05) is 44.2 Å². The van der Waals surface area contributed by atoms with Crippen molar-refractivity contribution in [1.29, 1.82) is 0 Å². The Morgan fingerprint density at radius 3 is 2.68 bits per heavy atom. The second-order valence-electron chi connectivity index (χ2n) is 4.81. The summed E-state index contributed by atoms with van der Waals surface area (Å²) >= 11 is 0.547. The van der Waals surface area contributed by atoms with Gasteiger partial charge in [-0.15, -0.1) is 10.2 Å². The molecule has 10 heteroatoms. The number of halogens is 3. The maximum absolute atomic E-state index is 12.6. The van der Waals surface area contributed by atoms with E-state index in [1.54, 1.807) is 11.8 Å². The molecule has 0 unspecified atom stereocenters. The van der Waals surface area contributed by atoms with Crippen LogP contribution in [-0.2, 0) is 15.7 Å². The molecule has 0 aromatic carbocycles. The number of hydrogen-bond donors (Lipinski definition) is 0. The summed E-state index contributed by atoms with van der Waals surface area (Å²) in [6.07, 6.45) is -3.72. The molecule has 0 aliphatic carbocycles. The van der Waals surface area contributed by atoms with Crippen molar-refractivity contribution in [2.24, 2.45) is 0 Å². The smallest absolute Gasteiger partial charge is 0.445 e. The van der Waals surface area contributed by atoms with Gasteiger partial charge in [0.05, 0.1) is 13.2 Å². The molecule has 1 aliphatic rings. The summed E-state index contributed by atoms with van der Waals surface area (Å²) in [5.74, 6) is -0.286. The van der Waals surface area contributed by atoms with Crippen molar-refractivity contribution in [3.8, 4) is 0 Å². The zero-order valence-corrected chi connectivity index (χ0v) is 12.9. The molecule has 2 rings (SSSR count). The van der Waals surface area contributed by atoms with Crippen LogP contribution in [0.15, 0.2) is 0 Å². The molecule has 0 radical (unpaired) electrons. The molecule has 0 amide bonds. The highest BCUT2D eigenvalue weighted by Gasteiger charge is 2.36. The van der Waals surface area contributed by atoms with Crippen LogP contribution in [0.25, 0.3) is 0 Å². The van der Waals surface area contributed by atoms with E-state index in [9.17, 15) is 18.0 Å². The molecular weight excluding hydrogens is 321 g/mol. The van der Waals surface area contributed by atoms with Crippen LogP contribution in [0.5, 0.6) is 0 Å². The van der Waals surface area contributed by atoms with E-state index in [1.165, 1.54) is 0 Å². The zero-order chi connectivity index (χ0) is 16.2. The van der Waals surface area contributed by atoms with Crippen LogP contribution in [0.1, 0.15) is 18.4 Å². The maximum Gasteiger partial charge on any atom is 0.445 e. The monoisotopic (exact) mass is 338 g/mol. The summed E-state index contributed by atoms with van der Waals surface area (Å²) in [6.45, 7) is 4.64. The molecule has 1 fully saturated rings. The fourth-order valence-corrected chi connectivity index (χ4v) is 2.93. The number of nitrogens with zero attached hydrogens (tertiary/aromatic N) is 4. The molecule has 0 bridgehead atoms. The highest BCUT2D eigenvalue weighted by atomic mass is 32.1. The van der Waals surface area contributed by atoms with Gasteiger partial charge < -0.3 is 9.64 Å². The summed E-state index contributed by atoms with van der Waals surface area (Å²) in [4.78, 5) is 15.2. The number of rotatable bonds is 4. The highest BCUT2D eigenvalue weighted by molar-refractivity contribution is 7.15. The third-order valence-corrected chi connectivity index (χ3v) is 4.20. The first-order chi connectivity index (χ1) is 10.4. The minimum absolute atomic E-state index is 0.200. The lowest BCUT2D eigenvalue weighted by molar-refractivity contribution is -0.144. The normalized spacial score (nSPS) is 17.4. The molecule has 124 valence electrons. The Labute approximate surface area is 129 Å². The number of aromatic nitrogens is 2. The largest absolute Gasteiger partial charge is 0.465 e. The lowest BCUT2D eigenvalue weighted by Crippen LogP contribution is -2.34. The standard InChI is InChI=1S/C12H17F3N4O2S/c1-2-21-9(20)8-18-4-3-5-19(7-6-18)11-17-16-10(22-11)12(13,14)15/h2-8H2,1H3. The van der Waals surface area contributed by atoms with E-state index in [0.29, 0.717) is 44.1 Å². The summed E-state index contributed by atoms with van der Waals surface area (Å²) in [7, 11) is 0. The first-order valence-corrected chi connectivity index (χ1v) is 7.75. The van der Waals surface area contributed by atoms with Crippen LogP contribution in [0.2, 0.25) is 0 Å². The molecule has 2 heterocycles. The van der Waals surface area contributed by atoms with E-state index in [0.717, 1.165) is 6.42 Å². The minimum Gasteiger partial charge on any atom is -0.465 e. The van der Waals surface area contributed by atoms with Crippen LogP contribution in [0.3, 0.4) is 0 Å². The van der Waals surface area contributed by atoms with Gasteiger partial charge in [0.15, 0.2) is 0 Å². The summed E-state index contributed by atoms with van der Waals surface area (Å²) in [5, 5.41) is 6.16. The number of esters is 1. The summed E-state index contributed by atoms with van der Waals surface area (Å²) in [6, 6.07) is 0. The van der Waals surface area contributed by atoms with E-state index >= 15 is 0 Å². The minimum atomic E-state index is -4.46. The van der Waals surface area contributed by atoms with Crippen LogP contribution < -0.4 is 4.90 Å². The fourth-order valence-electron chi connectivity index (χ4n) is 2.17. The lowest BCUT2D eigenvalue weighted by Gasteiger charge is -2.20. The Hall–Kier alpha value is -1.42. The van der Waals surface area contributed by atoms with Gasteiger partial charge in [0.2, 0.25) is 10.1 Å². The molecule has 0 saturated carbocycles. The van der Waals surface area contributed by atoms with Crippen LogP contribution in [0, 0.1) is 0 Å². The number of carbonyl (C=O) groups is 1. The Morgan fingerprint density at radius 2 is 2.05 bits per heavy atom. The second-order valence-corrected chi connectivity index (χ2v) is 5.77. The van der Waals surface area contributed by atoms with E-state index < -0.39 is 11.2 Å². The van der Waals surface area contributed by atoms with Crippen molar-refractivity contribution in [1.82, 2.24) is 15.1 Å². The number of hydrogen-bond acceptors (Lipinski definition) is 7. The molecule has 1 aromatic heterocycles. The van der Waals surface area contributed by atoms with Crippen LogP contribution in [-0.4, -0.2) is 60.4 Å². The van der Waals surface area contributed by atoms with Crippen molar-refractivity contribution in [3.05, 3.63) is 5.01 Å².